The van der Waals surface area contributed by atoms with E-state index in [-0.39, 0.29) is 12.0 Å². The van der Waals surface area contributed by atoms with Crippen molar-refractivity contribution in [1.82, 2.24) is 4.90 Å². The highest BCUT2D eigenvalue weighted by Gasteiger charge is 2.30. The molecule has 1 heterocycles. The number of aliphatic carboxylic acids is 1. The average molecular weight is 316 g/mol. The Morgan fingerprint density at radius 1 is 1.50 bits per heavy atom. The molecule has 1 aromatic rings. The van der Waals surface area contributed by atoms with Crippen LogP contribution < -0.4 is 0 Å². The first-order valence-corrected chi connectivity index (χ1v) is 7.71. The molecule has 110 valence electrons. The number of halogens is 2. The average Bonchev–Trinajstić information content (AvgIpc) is 2.44. The monoisotopic (exact) mass is 315 g/mol. The van der Waals surface area contributed by atoms with Crippen LogP contribution in [0.25, 0.3) is 0 Å². The summed E-state index contributed by atoms with van der Waals surface area (Å²) in [6, 6.07) is 5.77. The molecule has 0 aromatic heterocycles. The first-order chi connectivity index (χ1) is 9.54. The van der Waals surface area contributed by atoms with Gasteiger partial charge in [-0.15, -0.1) is 0 Å². The van der Waals surface area contributed by atoms with E-state index in [1.54, 1.807) is 6.07 Å². The summed E-state index contributed by atoms with van der Waals surface area (Å²) in [6.45, 7) is 3.58. The number of rotatable bonds is 4. The van der Waals surface area contributed by atoms with Crippen LogP contribution in [0.4, 0.5) is 0 Å². The van der Waals surface area contributed by atoms with Crippen molar-refractivity contribution in [3.05, 3.63) is 33.8 Å². The summed E-state index contributed by atoms with van der Waals surface area (Å²) in [4.78, 5) is 13.4. The number of carbonyl (C=O) groups is 1. The molecule has 0 aliphatic carbocycles. The van der Waals surface area contributed by atoms with Gasteiger partial charge in [-0.25, -0.2) is 0 Å². The van der Waals surface area contributed by atoms with E-state index in [0.29, 0.717) is 16.6 Å². The molecule has 3 nitrogen and oxygen atoms in total. The number of likely N-dealkylation sites (tertiary alicyclic amines) is 1. The van der Waals surface area contributed by atoms with Gasteiger partial charge < -0.3 is 5.11 Å². The summed E-state index contributed by atoms with van der Waals surface area (Å²) < 4.78 is 0. The summed E-state index contributed by atoms with van der Waals surface area (Å²) >= 11 is 12.4. The second kappa shape index (κ2) is 6.79. The fraction of sp³-hybridized carbons (Fsp3) is 0.533. The maximum Gasteiger partial charge on any atom is 0.307 e. The number of nitrogens with zero attached hydrogens (tertiary/aromatic N) is 1. The zero-order chi connectivity index (χ0) is 14.7. The highest BCUT2D eigenvalue weighted by Crippen LogP contribution is 2.36. The van der Waals surface area contributed by atoms with Gasteiger partial charge in [0.2, 0.25) is 0 Å². The van der Waals surface area contributed by atoms with Crippen molar-refractivity contribution in [2.45, 2.75) is 32.2 Å². The Labute approximate surface area is 129 Å². The molecule has 0 radical (unpaired) electrons. The number of carboxylic acids is 1. The zero-order valence-corrected chi connectivity index (χ0v) is 13.0. The van der Waals surface area contributed by atoms with Crippen LogP contribution in [0.2, 0.25) is 10.0 Å². The fourth-order valence-electron chi connectivity index (χ4n) is 2.94. The summed E-state index contributed by atoms with van der Waals surface area (Å²) in [5.41, 5.74) is 0.993. The molecular formula is C15H19Cl2NO2. The third-order valence-corrected chi connectivity index (χ3v) is 4.80. The lowest BCUT2D eigenvalue weighted by Gasteiger charge is -2.37. The number of hydrogen-bond acceptors (Lipinski definition) is 2. The second-order valence-electron chi connectivity index (χ2n) is 5.24. The molecule has 0 bridgehead atoms. The van der Waals surface area contributed by atoms with E-state index >= 15 is 0 Å². The molecule has 2 unspecified atom stereocenters. The minimum Gasteiger partial charge on any atom is -0.481 e. The van der Waals surface area contributed by atoms with Gasteiger partial charge in [0, 0.05) is 12.6 Å². The highest BCUT2D eigenvalue weighted by atomic mass is 35.5. The first-order valence-electron chi connectivity index (χ1n) is 6.95. The Morgan fingerprint density at radius 2 is 2.25 bits per heavy atom. The highest BCUT2D eigenvalue weighted by molar-refractivity contribution is 6.42. The van der Waals surface area contributed by atoms with E-state index in [1.165, 1.54) is 0 Å². The van der Waals surface area contributed by atoms with E-state index in [2.05, 4.69) is 11.8 Å². The normalized spacial score (nSPS) is 21.6. The molecule has 2 rings (SSSR count). The largest absolute Gasteiger partial charge is 0.481 e. The Bertz CT molecular complexity index is 493. The van der Waals surface area contributed by atoms with Crippen LogP contribution in [-0.4, -0.2) is 29.1 Å². The zero-order valence-electron chi connectivity index (χ0n) is 11.5. The molecular weight excluding hydrogens is 297 g/mol. The van der Waals surface area contributed by atoms with Crippen molar-refractivity contribution in [1.29, 1.82) is 0 Å². The Balaban J connectivity index is 2.23. The first kappa shape index (κ1) is 15.6. The molecule has 2 atom stereocenters. The molecule has 0 spiro atoms. The van der Waals surface area contributed by atoms with Gasteiger partial charge in [-0.1, -0.05) is 42.3 Å². The van der Waals surface area contributed by atoms with Gasteiger partial charge in [-0.05, 0) is 37.4 Å². The summed E-state index contributed by atoms with van der Waals surface area (Å²) in [6.07, 6.45) is 2.55. The van der Waals surface area contributed by atoms with Gasteiger partial charge in [0.15, 0.2) is 0 Å². The number of benzene rings is 1. The van der Waals surface area contributed by atoms with Crippen LogP contribution in [0, 0.1) is 5.92 Å². The van der Waals surface area contributed by atoms with Gasteiger partial charge in [-0.3, -0.25) is 9.69 Å². The van der Waals surface area contributed by atoms with Crippen LogP contribution >= 0.6 is 23.2 Å². The standard InChI is InChI=1S/C15H19Cl2NO2/c1-2-13(11-6-3-7-12(16)14(11)17)18-8-4-5-10(9-18)15(19)20/h3,6-7,10,13H,2,4-5,8-9H2,1H3,(H,19,20). The minimum atomic E-state index is -0.707. The Kier molecular flexibility index (Phi) is 5.30. The molecule has 1 fully saturated rings. The molecule has 20 heavy (non-hydrogen) atoms. The number of hydrogen-bond donors (Lipinski definition) is 1. The van der Waals surface area contributed by atoms with Crippen molar-refractivity contribution in [2.75, 3.05) is 13.1 Å². The van der Waals surface area contributed by atoms with E-state index in [4.69, 9.17) is 23.2 Å². The van der Waals surface area contributed by atoms with Crippen LogP contribution in [-0.2, 0) is 4.79 Å². The maximum absolute atomic E-state index is 11.2. The molecule has 1 N–H and O–H groups in total. The van der Waals surface area contributed by atoms with Gasteiger partial charge in [-0.2, -0.15) is 0 Å². The molecule has 0 amide bonds. The van der Waals surface area contributed by atoms with Gasteiger partial charge in [0.05, 0.1) is 16.0 Å². The van der Waals surface area contributed by atoms with Crippen LogP contribution in [0.3, 0.4) is 0 Å². The second-order valence-corrected chi connectivity index (χ2v) is 6.02. The van der Waals surface area contributed by atoms with Crippen molar-refractivity contribution in [3.63, 3.8) is 0 Å². The van der Waals surface area contributed by atoms with Gasteiger partial charge in [0.25, 0.3) is 0 Å². The van der Waals surface area contributed by atoms with E-state index in [9.17, 15) is 9.90 Å². The predicted molar refractivity (Wildman–Crippen MR) is 81.4 cm³/mol. The summed E-state index contributed by atoms with van der Waals surface area (Å²) in [7, 11) is 0. The molecule has 1 aliphatic heterocycles. The van der Waals surface area contributed by atoms with Crippen molar-refractivity contribution in [2.24, 2.45) is 5.92 Å². The Morgan fingerprint density at radius 3 is 2.90 bits per heavy atom. The number of piperidine rings is 1. The maximum atomic E-state index is 11.2. The summed E-state index contributed by atoms with van der Waals surface area (Å²) in [5, 5.41) is 10.3. The van der Waals surface area contributed by atoms with E-state index < -0.39 is 5.97 Å². The minimum absolute atomic E-state index is 0.128. The van der Waals surface area contributed by atoms with E-state index in [1.807, 2.05) is 12.1 Å². The van der Waals surface area contributed by atoms with Gasteiger partial charge >= 0.3 is 5.97 Å². The SMILES string of the molecule is CCC(c1cccc(Cl)c1Cl)N1CCCC(C(=O)O)C1. The molecule has 1 saturated heterocycles. The van der Waals surface area contributed by atoms with Crippen LogP contribution in [0.1, 0.15) is 37.8 Å². The lowest BCUT2D eigenvalue weighted by molar-refractivity contribution is -0.144. The number of carboxylic acid groups (broad SMARTS) is 1. The summed E-state index contributed by atoms with van der Waals surface area (Å²) in [5.74, 6) is -0.988. The smallest absolute Gasteiger partial charge is 0.307 e. The molecule has 1 aliphatic rings. The van der Waals surface area contributed by atoms with Crippen molar-refractivity contribution in [3.8, 4) is 0 Å². The molecule has 0 saturated carbocycles. The van der Waals surface area contributed by atoms with Crippen LogP contribution in [0.5, 0.6) is 0 Å². The fourth-order valence-corrected chi connectivity index (χ4v) is 3.38. The molecule has 5 heteroatoms. The Hall–Kier alpha value is -0.770. The third-order valence-electron chi connectivity index (χ3n) is 3.97. The topological polar surface area (TPSA) is 40.5 Å². The quantitative estimate of drug-likeness (QED) is 0.903. The van der Waals surface area contributed by atoms with Gasteiger partial charge in [0.1, 0.15) is 0 Å². The lowest BCUT2D eigenvalue weighted by Crippen LogP contribution is -2.40. The van der Waals surface area contributed by atoms with Crippen molar-refractivity contribution >= 4 is 29.2 Å². The van der Waals surface area contributed by atoms with Crippen LogP contribution in [0.15, 0.2) is 18.2 Å². The lowest BCUT2D eigenvalue weighted by atomic mass is 9.94. The predicted octanol–water partition coefficient (Wildman–Crippen LogP) is 4.24. The van der Waals surface area contributed by atoms with Crippen molar-refractivity contribution < 1.29 is 9.90 Å². The van der Waals surface area contributed by atoms with E-state index in [0.717, 1.165) is 31.4 Å². The third kappa shape index (κ3) is 3.27. The molecule has 1 aromatic carbocycles.